The summed E-state index contributed by atoms with van der Waals surface area (Å²) in [4.78, 5) is 13.7. The molecule has 0 saturated carbocycles. The monoisotopic (exact) mass is 326 g/mol. The van der Waals surface area contributed by atoms with Crippen LogP contribution in [0.25, 0.3) is 0 Å². The molecule has 0 aromatic heterocycles. The fourth-order valence-corrected chi connectivity index (χ4v) is 4.06. The van der Waals surface area contributed by atoms with Gasteiger partial charge in [-0.15, -0.1) is 12.4 Å². The van der Waals surface area contributed by atoms with E-state index in [1.165, 1.54) is 0 Å². The number of hydrogen-bond donors (Lipinski definition) is 1. The van der Waals surface area contributed by atoms with Crippen molar-refractivity contribution in [2.45, 2.75) is 33.6 Å². The average Bonchev–Trinajstić information content (AvgIpc) is 2.68. The van der Waals surface area contributed by atoms with Gasteiger partial charge in [0.15, 0.2) is 9.84 Å². The predicted octanol–water partition coefficient (Wildman–Crippen LogP) is 1.07. The van der Waals surface area contributed by atoms with Gasteiger partial charge < -0.3 is 10.6 Å². The molecule has 0 spiro atoms. The van der Waals surface area contributed by atoms with Gasteiger partial charge in [-0.25, -0.2) is 8.42 Å². The van der Waals surface area contributed by atoms with Crippen LogP contribution < -0.4 is 5.73 Å². The van der Waals surface area contributed by atoms with Crippen molar-refractivity contribution in [2.24, 2.45) is 17.1 Å². The Hall–Kier alpha value is -0.330. The van der Waals surface area contributed by atoms with Gasteiger partial charge in [0.2, 0.25) is 5.91 Å². The molecule has 1 amide bonds. The average molecular weight is 327 g/mol. The smallest absolute Gasteiger partial charge is 0.223 e. The Kier molecular flexibility index (Phi) is 7.49. The van der Waals surface area contributed by atoms with Crippen molar-refractivity contribution in [1.29, 1.82) is 0 Å². The van der Waals surface area contributed by atoms with Crippen molar-refractivity contribution in [3.8, 4) is 0 Å². The quantitative estimate of drug-likeness (QED) is 0.791. The number of amides is 1. The van der Waals surface area contributed by atoms with Crippen molar-refractivity contribution in [2.75, 3.05) is 31.1 Å². The van der Waals surface area contributed by atoms with Crippen LogP contribution in [-0.4, -0.2) is 50.4 Å². The fraction of sp³-hybridized carbons (Fsp3) is 0.923. The highest BCUT2D eigenvalue weighted by atomic mass is 35.5. The summed E-state index contributed by atoms with van der Waals surface area (Å²) in [5.74, 6) is 0.151. The highest BCUT2D eigenvalue weighted by Crippen LogP contribution is 2.28. The third-order valence-corrected chi connectivity index (χ3v) is 5.62. The fourth-order valence-electron chi connectivity index (χ4n) is 2.40. The van der Waals surface area contributed by atoms with Crippen LogP contribution >= 0.6 is 12.4 Å². The Morgan fingerprint density at radius 2 is 2.00 bits per heavy atom. The Morgan fingerprint density at radius 3 is 2.45 bits per heavy atom. The first-order valence-corrected chi connectivity index (χ1v) is 8.68. The van der Waals surface area contributed by atoms with Gasteiger partial charge in [0.1, 0.15) is 0 Å². The molecule has 1 atom stereocenters. The van der Waals surface area contributed by atoms with Crippen LogP contribution in [0.15, 0.2) is 0 Å². The first-order valence-electron chi connectivity index (χ1n) is 6.86. The van der Waals surface area contributed by atoms with Crippen molar-refractivity contribution in [1.82, 2.24) is 4.90 Å². The van der Waals surface area contributed by atoms with E-state index in [1.54, 1.807) is 4.90 Å². The summed E-state index contributed by atoms with van der Waals surface area (Å²) in [6, 6.07) is 0. The maximum absolute atomic E-state index is 12.0. The van der Waals surface area contributed by atoms with Crippen LogP contribution in [0.5, 0.6) is 0 Å². The number of nitrogens with zero attached hydrogens (tertiary/aromatic N) is 1. The molecule has 1 aliphatic rings. The molecule has 0 radical (unpaired) electrons. The lowest BCUT2D eigenvalue weighted by Gasteiger charge is -2.22. The molecule has 1 unspecified atom stereocenters. The molecule has 1 aliphatic heterocycles. The SMILES string of the molecule is CC(C)CS(=O)(=O)CCC(=O)N1CCC(C)(CN)C1.Cl. The number of nitrogens with two attached hydrogens (primary N) is 1. The molecule has 2 N–H and O–H groups in total. The van der Waals surface area contributed by atoms with Crippen molar-refractivity contribution >= 4 is 28.2 Å². The number of carbonyl (C=O) groups is 1. The van der Waals surface area contributed by atoms with Gasteiger partial charge in [0.05, 0.1) is 11.5 Å². The van der Waals surface area contributed by atoms with E-state index in [2.05, 4.69) is 6.92 Å². The minimum atomic E-state index is -3.11. The minimum absolute atomic E-state index is 0. The molecule has 0 aromatic rings. The maximum atomic E-state index is 12.0. The molecule has 1 saturated heterocycles. The Bertz CT molecular complexity index is 425. The van der Waals surface area contributed by atoms with E-state index < -0.39 is 9.84 Å². The molecule has 1 fully saturated rings. The van der Waals surface area contributed by atoms with Crippen molar-refractivity contribution in [3.05, 3.63) is 0 Å². The first-order chi connectivity index (χ1) is 8.67. The van der Waals surface area contributed by atoms with Gasteiger partial charge in [-0.05, 0) is 24.3 Å². The molecule has 5 nitrogen and oxygen atoms in total. The summed E-state index contributed by atoms with van der Waals surface area (Å²) in [5.41, 5.74) is 5.69. The van der Waals surface area contributed by atoms with Gasteiger partial charge >= 0.3 is 0 Å². The Morgan fingerprint density at radius 1 is 1.40 bits per heavy atom. The zero-order valence-corrected chi connectivity index (χ0v) is 14.2. The van der Waals surface area contributed by atoms with E-state index in [1.807, 2.05) is 13.8 Å². The number of likely N-dealkylation sites (tertiary alicyclic amines) is 1. The van der Waals surface area contributed by atoms with Crippen LogP contribution in [0.2, 0.25) is 0 Å². The number of halogens is 1. The van der Waals surface area contributed by atoms with Crippen LogP contribution in [0, 0.1) is 11.3 Å². The summed E-state index contributed by atoms with van der Waals surface area (Å²) < 4.78 is 23.5. The first kappa shape index (κ1) is 19.7. The number of sulfone groups is 1. The van der Waals surface area contributed by atoms with E-state index in [4.69, 9.17) is 5.73 Å². The molecule has 7 heteroatoms. The van der Waals surface area contributed by atoms with Crippen LogP contribution in [0.1, 0.15) is 33.6 Å². The second-order valence-electron chi connectivity index (χ2n) is 6.34. The molecule has 20 heavy (non-hydrogen) atoms. The van der Waals surface area contributed by atoms with E-state index in [-0.39, 0.29) is 47.6 Å². The van der Waals surface area contributed by atoms with Crippen LogP contribution in [0.4, 0.5) is 0 Å². The summed E-state index contributed by atoms with van der Waals surface area (Å²) in [6.07, 6.45) is 0.990. The molecule has 0 aliphatic carbocycles. The van der Waals surface area contributed by atoms with Crippen LogP contribution in [-0.2, 0) is 14.6 Å². The molecule has 0 aromatic carbocycles. The topological polar surface area (TPSA) is 80.5 Å². The Labute approximate surface area is 128 Å². The van der Waals surface area contributed by atoms with Gasteiger partial charge in [-0.3, -0.25) is 4.79 Å². The van der Waals surface area contributed by atoms with Gasteiger partial charge in [0.25, 0.3) is 0 Å². The molecule has 1 rings (SSSR count). The molecule has 0 bridgehead atoms. The second kappa shape index (κ2) is 7.61. The largest absolute Gasteiger partial charge is 0.342 e. The minimum Gasteiger partial charge on any atom is -0.342 e. The van der Waals surface area contributed by atoms with E-state index >= 15 is 0 Å². The molecule has 120 valence electrons. The summed E-state index contributed by atoms with van der Waals surface area (Å²) in [5, 5.41) is 0. The lowest BCUT2D eigenvalue weighted by Crippen LogP contribution is -2.35. The second-order valence-corrected chi connectivity index (χ2v) is 8.57. The van der Waals surface area contributed by atoms with Gasteiger partial charge in [0, 0.05) is 19.5 Å². The lowest BCUT2D eigenvalue weighted by atomic mass is 9.90. The number of rotatable bonds is 6. The van der Waals surface area contributed by atoms with Crippen molar-refractivity contribution < 1.29 is 13.2 Å². The Balaban J connectivity index is 0.00000361. The third kappa shape index (κ3) is 5.97. The van der Waals surface area contributed by atoms with E-state index in [0.717, 1.165) is 6.42 Å². The number of hydrogen-bond acceptors (Lipinski definition) is 4. The zero-order valence-electron chi connectivity index (χ0n) is 12.6. The van der Waals surface area contributed by atoms with Gasteiger partial charge in [-0.1, -0.05) is 20.8 Å². The zero-order chi connectivity index (χ0) is 14.7. The lowest BCUT2D eigenvalue weighted by molar-refractivity contribution is -0.130. The molecular weight excluding hydrogens is 300 g/mol. The highest BCUT2D eigenvalue weighted by Gasteiger charge is 2.34. The van der Waals surface area contributed by atoms with Crippen LogP contribution in [0.3, 0.4) is 0 Å². The third-order valence-electron chi connectivity index (χ3n) is 3.62. The summed E-state index contributed by atoms with van der Waals surface area (Å²) in [7, 11) is -3.11. The van der Waals surface area contributed by atoms with Crippen molar-refractivity contribution in [3.63, 3.8) is 0 Å². The van der Waals surface area contributed by atoms with E-state index in [0.29, 0.717) is 19.6 Å². The number of carbonyl (C=O) groups excluding carboxylic acids is 1. The normalized spacial score (nSPS) is 22.9. The van der Waals surface area contributed by atoms with Gasteiger partial charge in [-0.2, -0.15) is 0 Å². The standard InChI is InChI=1S/C13H26N2O3S.ClH/c1-11(2)8-19(17,18)7-4-12(16)15-6-5-13(3,9-14)10-15;/h11H,4-10,14H2,1-3H3;1H. The molecular formula is C13H27ClN2O3S. The molecule has 1 heterocycles. The summed E-state index contributed by atoms with van der Waals surface area (Å²) in [6.45, 7) is 7.70. The predicted molar refractivity (Wildman–Crippen MR) is 83.7 cm³/mol. The maximum Gasteiger partial charge on any atom is 0.223 e. The summed E-state index contributed by atoms with van der Waals surface area (Å²) >= 11 is 0. The highest BCUT2D eigenvalue weighted by molar-refractivity contribution is 7.91. The van der Waals surface area contributed by atoms with E-state index in [9.17, 15) is 13.2 Å².